The van der Waals surface area contributed by atoms with Gasteiger partial charge in [-0.05, 0) is 24.1 Å². The molecule has 0 radical (unpaired) electrons. The summed E-state index contributed by atoms with van der Waals surface area (Å²) in [6, 6.07) is 4.79. The van der Waals surface area contributed by atoms with Crippen molar-refractivity contribution in [1.29, 1.82) is 5.41 Å². The molecule has 158 valence electrons. The topological polar surface area (TPSA) is 109 Å². The third-order valence-electron chi connectivity index (χ3n) is 5.67. The number of amides is 1. The number of nitrogens with two attached hydrogens (primary N) is 1. The maximum Gasteiger partial charge on any atom is 0.219 e. The molecule has 2 aliphatic heterocycles. The van der Waals surface area contributed by atoms with Crippen molar-refractivity contribution in [2.24, 2.45) is 5.73 Å². The van der Waals surface area contributed by atoms with Gasteiger partial charge in [-0.2, -0.15) is 5.10 Å². The lowest BCUT2D eigenvalue weighted by molar-refractivity contribution is -0.129. The Hall–Kier alpha value is -3.20. The Labute approximate surface area is 174 Å². The molecule has 0 unspecified atom stereocenters. The molecule has 8 nitrogen and oxygen atoms in total. The molecule has 1 fully saturated rings. The van der Waals surface area contributed by atoms with Crippen molar-refractivity contribution in [2.75, 3.05) is 25.1 Å². The van der Waals surface area contributed by atoms with Crippen molar-refractivity contribution in [3.05, 3.63) is 47.0 Å². The van der Waals surface area contributed by atoms with Gasteiger partial charge in [0.2, 0.25) is 5.91 Å². The van der Waals surface area contributed by atoms with Crippen LogP contribution in [0.2, 0.25) is 0 Å². The molecular weight excluding hydrogens is 387 g/mol. The molecule has 0 aliphatic carbocycles. The summed E-state index contributed by atoms with van der Waals surface area (Å²) in [5.74, 6) is 0.0865. The van der Waals surface area contributed by atoms with Crippen LogP contribution in [0.3, 0.4) is 0 Å². The molecule has 0 bridgehead atoms. The normalized spacial score (nSPS) is 18.9. The van der Waals surface area contributed by atoms with Gasteiger partial charge in [0.25, 0.3) is 0 Å². The molecule has 0 spiro atoms. The number of nitrogens with one attached hydrogen (secondary N) is 2. The summed E-state index contributed by atoms with van der Waals surface area (Å²) in [7, 11) is 0. The smallest absolute Gasteiger partial charge is 0.219 e. The molecule has 9 heteroatoms. The van der Waals surface area contributed by atoms with Gasteiger partial charge < -0.3 is 26.1 Å². The summed E-state index contributed by atoms with van der Waals surface area (Å²) < 4.78 is 22.3. The second-order valence-corrected chi connectivity index (χ2v) is 7.51. The molecule has 2 aliphatic rings. The summed E-state index contributed by atoms with van der Waals surface area (Å²) in [6.45, 7) is 3.93. The number of carbonyl (C=O) groups excluding carboxylic acids is 1. The molecule has 1 aromatic heterocycles. The van der Waals surface area contributed by atoms with Crippen LogP contribution < -0.4 is 11.1 Å². The standard InChI is InChI=1S/C21H25FN6O2/c1-13(29)27-6-4-20-17(11-27)21(26-28(20)16-5-7-30-12-16)25-19-3-2-14(8-18(19)22)15(9-23)10-24/h2-3,8-10,16,23H,4-7,11-12,24H2,1H3,(H,25,26)/b15-10+,23-9?/t16-/m0/s1. The minimum absolute atomic E-state index is 0.00632. The van der Waals surface area contributed by atoms with Gasteiger partial charge in [-0.25, -0.2) is 4.39 Å². The van der Waals surface area contributed by atoms with Gasteiger partial charge in [0.15, 0.2) is 5.82 Å². The molecule has 30 heavy (non-hydrogen) atoms. The van der Waals surface area contributed by atoms with E-state index in [1.165, 1.54) is 12.3 Å². The Kier molecular flexibility index (Phi) is 5.54. The fourth-order valence-corrected chi connectivity index (χ4v) is 3.98. The van der Waals surface area contributed by atoms with E-state index in [0.717, 1.165) is 23.9 Å². The monoisotopic (exact) mass is 412 g/mol. The van der Waals surface area contributed by atoms with Gasteiger partial charge in [-0.3, -0.25) is 9.48 Å². The summed E-state index contributed by atoms with van der Waals surface area (Å²) in [5.41, 5.74) is 8.70. The number of halogens is 1. The quantitative estimate of drug-likeness (QED) is 0.654. The van der Waals surface area contributed by atoms with E-state index in [9.17, 15) is 9.18 Å². The van der Waals surface area contributed by atoms with E-state index in [-0.39, 0.29) is 17.6 Å². The minimum Gasteiger partial charge on any atom is -0.404 e. The third kappa shape index (κ3) is 3.68. The third-order valence-corrected chi connectivity index (χ3v) is 5.67. The molecule has 0 saturated carbocycles. The van der Waals surface area contributed by atoms with Crippen LogP contribution in [0, 0.1) is 11.2 Å². The lowest BCUT2D eigenvalue weighted by atomic mass is 10.1. The number of aromatic nitrogens is 2. The van der Waals surface area contributed by atoms with Crippen LogP contribution in [0.25, 0.3) is 5.57 Å². The van der Waals surface area contributed by atoms with E-state index in [0.29, 0.717) is 49.7 Å². The van der Waals surface area contributed by atoms with Crippen molar-refractivity contribution in [1.82, 2.24) is 14.7 Å². The lowest BCUT2D eigenvalue weighted by Crippen LogP contribution is -2.35. The number of hydrogen-bond acceptors (Lipinski definition) is 6. The zero-order valence-corrected chi connectivity index (χ0v) is 16.8. The number of benzene rings is 1. The average Bonchev–Trinajstić information content (AvgIpc) is 3.38. The van der Waals surface area contributed by atoms with Crippen LogP contribution in [0.4, 0.5) is 15.9 Å². The summed E-state index contributed by atoms with van der Waals surface area (Å²) in [4.78, 5) is 13.7. The number of allylic oxidation sites excluding steroid dienone is 1. The molecule has 1 saturated heterocycles. The number of ether oxygens (including phenoxy) is 1. The molecule has 1 amide bonds. The number of rotatable bonds is 5. The average molecular weight is 412 g/mol. The summed E-state index contributed by atoms with van der Waals surface area (Å²) >= 11 is 0. The first kappa shape index (κ1) is 20.1. The summed E-state index contributed by atoms with van der Waals surface area (Å²) in [6.07, 6.45) is 3.93. The van der Waals surface area contributed by atoms with Crippen molar-refractivity contribution in [3.63, 3.8) is 0 Å². The second-order valence-electron chi connectivity index (χ2n) is 7.51. The molecular formula is C21H25FN6O2. The van der Waals surface area contributed by atoms with Crippen LogP contribution in [-0.2, 0) is 22.5 Å². The largest absolute Gasteiger partial charge is 0.404 e. The maximum absolute atomic E-state index is 14.8. The zero-order chi connectivity index (χ0) is 21.3. The Bertz CT molecular complexity index is 1010. The highest BCUT2D eigenvalue weighted by Crippen LogP contribution is 2.33. The van der Waals surface area contributed by atoms with Crippen LogP contribution >= 0.6 is 0 Å². The van der Waals surface area contributed by atoms with E-state index < -0.39 is 5.82 Å². The highest BCUT2D eigenvalue weighted by molar-refractivity contribution is 6.08. The molecule has 2 aromatic rings. The van der Waals surface area contributed by atoms with Gasteiger partial charge in [0.1, 0.15) is 5.82 Å². The van der Waals surface area contributed by atoms with Crippen molar-refractivity contribution in [3.8, 4) is 0 Å². The molecule has 4 rings (SSSR count). The SMILES string of the molecule is CC(=O)N1CCc2c(c(Nc3ccc(/C(C=N)=C/N)cc3F)nn2[C@H]2CCOC2)C1. The second kappa shape index (κ2) is 8.27. The van der Waals surface area contributed by atoms with Gasteiger partial charge in [0.05, 0.1) is 24.9 Å². The number of fused-ring (bicyclic) bond motifs is 1. The predicted molar refractivity (Wildman–Crippen MR) is 112 cm³/mol. The highest BCUT2D eigenvalue weighted by atomic mass is 19.1. The van der Waals surface area contributed by atoms with Crippen molar-refractivity contribution in [2.45, 2.75) is 32.4 Å². The number of carbonyl (C=O) groups is 1. The van der Waals surface area contributed by atoms with Crippen LogP contribution in [0.5, 0.6) is 0 Å². The van der Waals surface area contributed by atoms with Crippen LogP contribution in [-0.4, -0.2) is 46.6 Å². The Morgan fingerprint density at radius 3 is 2.93 bits per heavy atom. The Balaban J connectivity index is 1.69. The van der Waals surface area contributed by atoms with Crippen LogP contribution in [0.15, 0.2) is 24.4 Å². The fraction of sp³-hybridized carbons (Fsp3) is 0.381. The number of hydrogen-bond donors (Lipinski definition) is 3. The maximum atomic E-state index is 14.8. The van der Waals surface area contributed by atoms with Crippen LogP contribution in [0.1, 0.15) is 36.2 Å². The molecule has 3 heterocycles. The highest BCUT2D eigenvalue weighted by Gasteiger charge is 2.30. The fourth-order valence-electron chi connectivity index (χ4n) is 3.98. The number of anilines is 2. The van der Waals surface area contributed by atoms with Gasteiger partial charge >= 0.3 is 0 Å². The van der Waals surface area contributed by atoms with E-state index in [1.807, 2.05) is 4.68 Å². The zero-order valence-electron chi connectivity index (χ0n) is 16.8. The first-order valence-electron chi connectivity index (χ1n) is 9.94. The first-order valence-corrected chi connectivity index (χ1v) is 9.94. The number of nitrogens with zero attached hydrogens (tertiary/aromatic N) is 3. The predicted octanol–water partition coefficient (Wildman–Crippen LogP) is 2.58. The van der Waals surface area contributed by atoms with Crippen molar-refractivity contribution < 1.29 is 13.9 Å². The Morgan fingerprint density at radius 2 is 2.30 bits per heavy atom. The molecule has 1 aromatic carbocycles. The van der Waals surface area contributed by atoms with E-state index >= 15 is 0 Å². The minimum atomic E-state index is -0.472. The van der Waals surface area contributed by atoms with E-state index in [2.05, 4.69) is 5.32 Å². The first-order chi connectivity index (χ1) is 14.5. The van der Waals surface area contributed by atoms with Gasteiger partial charge in [-0.15, -0.1) is 0 Å². The van der Waals surface area contributed by atoms with E-state index in [4.69, 9.17) is 21.0 Å². The van der Waals surface area contributed by atoms with Crippen molar-refractivity contribution >= 4 is 29.2 Å². The molecule has 4 N–H and O–H groups in total. The summed E-state index contributed by atoms with van der Waals surface area (Å²) in [5, 5.41) is 15.2. The Morgan fingerprint density at radius 1 is 1.47 bits per heavy atom. The van der Waals surface area contributed by atoms with Gasteiger partial charge in [0, 0.05) is 55.7 Å². The molecule has 1 atom stereocenters. The lowest BCUT2D eigenvalue weighted by Gasteiger charge is -2.27. The van der Waals surface area contributed by atoms with Gasteiger partial charge in [-0.1, -0.05) is 6.07 Å². The van der Waals surface area contributed by atoms with E-state index in [1.54, 1.807) is 24.0 Å².